The van der Waals surface area contributed by atoms with Gasteiger partial charge in [-0.15, -0.1) is 10.1 Å². The van der Waals surface area contributed by atoms with Crippen LogP contribution in [-0.2, 0) is 48.0 Å². The monoisotopic (exact) mass is 662 g/mol. The van der Waals surface area contributed by atoms with Crippen LogP contribution in [-0.4, -0.2) is 93.6 Å². The summed E-state index contributed by atoms with van der Waals surface area (Å²) >= 11 is 0. The molecule has 1 atom stereocenters. The van der Waals surface area contributed by atoms with Crippen molar-refractivity contribution in [2.45, 2.75) is 32.1 Å². The number of rotatable bonds is 19. The van der Waals surface area contributed by atoms with E-state index >= 15 is 0 Å². The molecule has 0 aromatic carbocycles. The summed E-state index contributed by atoms with van der Waals surface area (Å²) in [5.74, 6) is -3.79. The van der Waals surface area contributed by atoms with Crippen LogP contribution >= 0.6 is 43.2 Å². The first-order valence-electron chi connectivity index (χ1n) is 12.6. The third kappa shape index (κ3) is 12.9. The number of hydrogen-bond acceptors (Lipinski definition) is 14. The average Bonchev–Trinajstić information content (AvgIpc) is 3.42. The van der Waals surface area contributed by atoms with Crippen LogP contribution in [0.5, 0.6) is 0 Å². The van der Waals surface area contributed by atoms with E-state index in [1.807, 2.05) is 0 Å². The fourth-order valence-corrected chi connectivity index (χ4v) is 6.84. The number of carbonyl (C=O) groups excluding carboxylic acids is 8. The maximum absolute atomic E-state index is 12.5. The molecule has 14 nitrogen and oxygen atoms in total. The van der Waals surface area contributed by atoms with Crippen molar-refractivity contribution in [3.8, 4) is 0 Å². The number of amides is 6. The number of imide groups is 2. The topological polar surface area (TPSA) is 186 Å². The second kappa shape index (κ2) is 19.3. The van der Waals surface area contributed by atoms with Crippen LogP contribution in [0.25, 0.3) is 0 Å². The summed E-state index contributed by atoms with van der Waals surface area (Å²) < 4.78 is 0. The summed E-state index contributed by atoms with van der Waals surface area (Å²) in [5.41, 5.74) is 0. The van der Waals surface area contributed by atoms with Crippen LogP contribution in [0.1, 0.15) is 32.1 Å². The third-order valence-electron chi connectivity index (χ3n) is 5.11. The van der Waals surface area contributed by atoms with Crippen LogP contribution in [0.3, 0.4) is 0 Å². The molecular formula is C24H30N4O10S4. The van der Waals surface area contributed by atoms with E-state index in [1.54, 1.807) is 10.8 Å². The Kier molecular flexibility index (Phi) is 16.2. The summed E-state index contributed by atoms with van der Waals surface area (Å²) in [7, 11) is 5.57. The van der Waals surface area contributed by atoms with Gasteiger partial charge in [-0.2, -0.15) is 0 Å². The van der Waals surface area contributed by atoms with Crippen LogP contribution in [0.4, 0.5) is 0 Å². The van der Waals surface area contributed by atoms with Gasteiger partial charge in [0.15, 0.2) is 0 Å². The van der Waals surface area contributed by atoms with E-state index in [2.05, 4.69) is 17.2 Å². The van der Waals surface area contributed by atoms with Gasteiger partial charge in [0.05, 0.1) is 18.8 Å². The maximum Gasteiger partial charge on any atom is 0.334 e. The lowest BCUT2D eigenvalue weighted by atomic mass is 10.1. The molecule has 2 saturated heterocycles. The van der Waals surface area contributed by atoms with Crippen molar-refractivity contribution in [1.29, 1.82) is 0 Å². The highest BCUT2D eigenvalue weighted by Crippen LogP contribution is 2.25. The molecule has 0 radical (unpaired) electrons. The second-order valence-electron chi connectivity index (χ2n) is 8.28. The molecule has 42 heavy (non-hydrogen) atoms. The Labute approximate surface area is 257 Å². The van der Waals surface area contributed by atoms with E-state index in [-0.39, 0.29) is 43.8 Å². The zero-order valence-electron chi connectivity index (χ0n) is 22.4. The summed E-state index contributed by atoms with van der Waals surface area (Å²) in [6.45, 7) is 4.24. The van der Waals surface area contributed by atoms with Crippen LogP contribution in [0.2, 0.25) is 0 Å². The zero-order valence-corrected chi connectivity index (χ0v) is 25.7. The van der Waals surface area contributed by atoms with E-state index in [9.17, 15) is 38.4 Å². The largest absolute Gasteiger partial charge is 0.352 e. The predicted molar refractivity (Wildman–Crippen MR) is 158 cm³/mol. The van der Waals surface area contributed by atoms with Crippen molar-refractivity contribution in [1.82, 2.24) is 20.8 Å². The van der Waals surface area contributed by atoms with Crippen molar-refractivity contribution in [2.24, 2.45) is 5.92 Å². The van der Waals surface area contributed by atoms with Gasteiger partial charge in [-0.1, -0.05) is 55.8 Å². The van der Waals surface area contributed by atoms with Crippen molar-refractivity contribution < 1.29 is 48.0 Å². The lowest BCUT2D eigenvalue weighted by molar-refractivity contribution is -0.197. The molecule has 6 amide bonds. The lowest BCUT2D eigenvalue weighted by Crippen LogP contribution is -2.33. The fourth-order valence-electron chi connectivity index (χ4n) is 3.08. The third-order valence-corrected chi connectivity index (χ3v) is 9.93. The standard InChI is InChI=1S/C24H30N4O10S4/c1-2-17(29)25-9-13-41-42-14-10-26-18(30)4-3-16-15-21(33)28(24(16)36)38-23(35)8-12-40-39-11-7-22(34)37-27-19(31)5-6-20(27)32/h2-4,16H,1,5-15H2,(H,25,29)(H,26,30)/b4-3-. The summed E-state index contributed by atoms with van der Waals surface area (Å²) in [6.07, 6.45) is 3.27. The van der Waals surface area contributed by atoms with Gasteiger partial charge in [-0.3, -0.25) is 28.8 Å². The van der Waals surface area contributed by atoms with Crippen molar-refractivity contribution >= 4 is 90.6 Å². The maximum atomic E-state index is 12.5. The van der Waals surface area contributed by atoms with Gasteiger partial charge in [0.2, 0.25) is 11.8 Å². The molecule has 230 valence electrons. The molecule has 18 heteroatoms. The molecule has 2 N–H and O–H groups in total. The van der Waals surface area contributed by atoms with Crippen molar-refractivity contribution in [3.05, 3.63) is 24.8 Å². The SMILES string of the molecule is C=CC(=O)NCCSSCCNC(=O)/C=C\C1CC(=O)N(OC(=O)CCSSCCC(=O)ON2C(=O)CCC2=O)C1=O. The first-order chi connectivity index (χ1) is 20.1. The van der Waals surface area contributed by atoms with E-state index in [1.165, 1.54) is 44.5 Å². The molecule has 0 aliphatic carbocycles. The molecule has 1 unspecified atom stereocenters. The Hall–Kier alpha value is -2.96. The number of carbonyl (C=O) groups is 8. The van der Waals surface area contributed by atoms with Gasteiger partial charge < -0.3 is 20.3 Å². The number of nitrogens with zero attached hydrogens (tertiary/aromatic N) is 2. The molecule has 2 heterocycles. The minimum atomic E-state index is -0.928. The molecule has 0 bridgehead atoms. The van der Waals surface area contributed by atoms with Crippen LogP contribution < -0.4 is 10.6 Å². The molecule has 2 rings (SSSR count). The lowest BCUT2D eigenvalue weighted by Gasteiger charge is -2.13. The van der Waals surface area contributed by atoms with Crippen molar-refractivity contribution in [3.63, 3.8) is 0 Å². The van der Waals surface area contributed by atoms with E-state index < -0.39 is 47.4 Å². The first kappa shape index (κ1) is 35.2. The average molecular weight is 663 g/mol. The molecule has 0 spiro atoms. The van der Waals surface area contributed by atoms with Gasteiger partial charge in [-0.25, -0.2) is 9.59 Å². The molecule has 0 aromatic heterocycles. The van der Waals surface area contributed by atoms with Crippen LogP contribution in [0, 0.1) is 5.92 Å². The fraction of sp³-hybridized carbons (Fsp3) is 0.500. The minimum absolute atomic E-state index is 0.0122. The molecule has 2 aliphatic heterocycles. The Morgan fingerprint density at radius 3 is 1.81 bits per heavy atom. The summed E-state index contributed by atoms with van der Waals surface area (Å²) in [4.78, 5) is 104. The normalized spacial score (nSPS) is 16.7. The van der Waals surface area contributed by atoms with Gasteiger partial charge in [-0.05, 0) is 12.2 Å². The van der Waals surface area contributed by atoms with E-state index in [4.69, 9.17) is 9.68 Å². The smallest absolute Gasteiger partial charge is 0.334 e. The van der Waals surface area contributed by atoms with Crippen molar-refractivity contribution in [2.75, 3.05) is 36.1 Å². The Bertz CT molecular complexity index is 1090. The van der Waals surface area contributed by atoms with Crippen LogP contribution in [0.15, 0.2) is 24.8 Å². The number of nitrogens with one attached hydrogen (secondary N) is 2. The van der Waals surface area contributed by atoms with Gasteiger partial charge in [0.25, 0.3) is 23.6 Å². The Morgan fingerprint density at radius 2 is 1.26 bits per heavy atom. The minimum Gasteiger partial charge on any atom is -0.352 e. The highest BCUT2D eigenvalue weighted by Gasteiger charge is 2.40. The van der Waals surface area contributed by atoms with Gasteiger partial charge >= 0.3 is 11.9 Å². The quantitative estimate of drug-likeness (QED) is 0.0862. The number of hydrogen-bond donors (Lipinski definition) is 2. The predicted octanol–water partition coefficient (Wildman–Crippen LogP) is 0.944. The zero-order chi connectivity index (χ0) is 30.9. The highest BCUT2D eigenvalue weighted by atomic mass is 33.1. The van der Waals surface area contributed by atoms with E-state index in [0.29, 0.717) is 40.5 Å². The number of hydroxylamine groups is 4. The van der Waals surface area contributed by atoms with Gasteiger partial charge in [0, 0.05) is 55.4 Å². The van der Waals surface area contributed by atoms with Gasteiger partial charge in [0.1, 0.15) is 0 Å². The molecule has 0 aromatic rings. The molecule has 2 fully saturated rings. The van der Waals surface area contributed by atoms with E-state index in [0.717, 1.165) is 6.08 Å². The molecular weight excluding hydrogens is 633 g/mol. The Balaban J connectivity index is 1.55. The summed E-state index contributed by atoms with van der Waals surface area (Å²) in [5, 5.41) is 6.20. The highest BCUT2D eigenvalue weighted by molar-refractivity contribution is 8.77. The summed E-state index contributed by atoms with van der Waals surface area (Å²) in [6, 6.07) is 0. The Morgan fingerprint density at radius 1 is 0.762 bits per heavy atom. The second-order valence-corrected chi connectivity index (χ2v) is 13.7. The molecule has 0 saturated carbocycles. The molecule has 2 aliphatic rings. The first-order valence-corrected chi connectivity index (χ1v) is 17.6.